The van der Waals surface area contributed by atoms with Gasteiger partial charge in [-0.25, -0.2) is 4.98 Å². The molecule has 1 aromatic rings. The molecule has 2 fully saturated rings. The van der Waals surface area contributed by atoms with E-state index in [-0.39, 0.29) is 5.41 Å². The van der Waals surface area contributed by atoms with Crippen molar-refractivity contribution in [3.05, 3.63) is 5.82 Å². The van der Waals surface area contributed by atoms with Crippen LogP contribution in [0.5, 0.6) is 0 Å². The van der Waals surface area contributed by atoms with E-state index in [0.717, 1.165) is 75.7 Å². The first-order valence-electron chi connectivity index (χ1n) is 8.74. The number of aromatic nitrogens is 2. The van der Waals surface area contributed by atoms with Crippen molar-refractivity contribution in [1.29, 1.82) is 0 Å². The number of aryl methyl sites for hydroxylation is 1. The predicted octanol–water partition coefficient (Wildman–Crippen LogP) is 1.22. The van der Waals surface area contributed by atoms with Gasteiger partial charge in [-0.1, -0.05) is 13.8 Å². The zero-order chi connectivity index (χ0) is 17.0. The van der Waals surface area contributed by atoms with Crippen molar-refractivity contribution < 1.29 is 4.74 Å². The summed E-state index contributed by atoms with van der Waals surface area (Å²) in [5.74, 6) is 1.94. The quantitative estimate of drug-likeness (QED) is 0.649. The molecule has 7 nitrogen and oxygen atoms in total. The Hall–Kier alpha value is -1.41. The van der Waals surface area contributed by atoms with Gasteiger partial charge in [0, 0.05) is 69.7 Å². The number of nitrogens with one attached hydrogen (secondary N) is 1. The Morgan fingerprint density at radius 2 is 2.17 bits per heavy atom. The van der Waals surface area contributed by atoms with Crippen LogP contribution in [0.25, 0.3) is 0 Å². The van der Waals surface area contributed by atoms with Gasteiger partial charge >= 0.3 is 0 Å². The molecule has 1 atom stereocenters. The summed E-state index contributed by atoms with van der Waals surface area (Å²) in [6.45, 7) is 10.8. The largest absolute Gasteiger partial charge is 0.381 e. The minimum absolute atomic E-state index is 0.223. The van der Waals surface area contributed by atoms with Crippen LogP contribution in [0.3, 0.4) is 0 Å². The zero-order valence-electron chi connectivity index (χ0n) is 14.9. The highest BCUT2D eigenvalue weighted by atomic mass is 32.1. The smallest absolute Gasteiger partial charge is 0.205 e. The number of aliphatic imine (C=N–C) groups is 1. The van der Waals surface area contributed by atoms with E-state index in [1.54, 1.807) is 0 Å². The van der Waals surface area contributed by atoms with E-state index >= 15 is 0 Å². The molecule has 0 saturated carbocycles. The summed E-state index contributed by atoms with van der Waals surface area (Å²) < 4.78 is 9.92. The Morgan fingerprint density at radius 1 is 1.38 bits per heavy atom. The van der Waals surface area contributed by atoms with E-state index in [1.165, 1.54) is 11.5 Å². The van der Waals surface area contributed by atoms with Crippen molar-refractivity contribution in [1.82, 2.24) is 19.6 Å². The number of rotatable bonds is 4. The topological polar surface area (TPSA) is 65.9 Å². The average Bonchev–Trinajstić information content (AvgIpc) is 3.25. The Morgan fingerprint density at radius 3 is 2.75 bits per heavy atom. The van der Waals surface area contributed by atoms with Crippen LogP contribution in [0, 0.1) is 5.41 Å². The van der Waals surface area contributed by atoms with Gasteiger partial charge in [0.05, 0.1) is 6.61 Å². The summed E-state index contributed by atoms with van der Waals surface area (Å²) in [7, 11) is 1.86. The second-order valence-corrected chi connectivity index (χ2v) is 7.57. The number of piperazine rings is 1. The van der Waals surface area contributed by atoms with E-state index in [1.807, 2.05) is 7.05 Å². The van der Waals surface area contributed by atoms with Gasteiger partial charge in [0.25, 0.3) is 0 Å². The summed E-state index contributed by atoms with van der Waals surface area (Å²) in [5.41, 5.74) is 0.223. The molecule has 0 aromatic carbocycles. The lowest BCUT2D eigenvalue weighted by Crippen LogP contribution is -2.53. The maximum Gasteiger partial charge on any atom is 0.205 e. The number of anilines is 1. The summed E-state index contributed by atoms with van der Waals surface area (Å²) >= 11 is 1.51. The monoisotopic (exact) mass is 352 g/mol. The highest BCUT2D eigenvalue weighted by Gasteiger charge is 2.30. The highest BCUT2D eigenvalue weighted by molar-refractivity contribution is 7.09. The average molecular weight is 353 g/mol. The first kappa shape index (κ1) is 17.4. The van der Waals surface area contributed by atoms with Crippen molar-refractivity contribution in [2.45, 2.75) is 26.7 Å². The van der Waals surface area contributed by atoms with Gasteiger partial charge in [-0.05, 0) is 6.42 Å². The van der Waals surface area contributed by atoms with Crippen LogP contribution in [0.2, 0.25) is 0 Å². The third kappa shape index (κ3) is 3.97. The molecule has 0 radical (unpaired) electrons. The number of ether oxygens (including phenoxy) is 1. The predicted molar refractivity (Wildman–Crippen MR) is 98.0 cm³/mol. The van der Waals surface area contributed by atoms with Crippen LogP contribution in [0.1, 0.15) is 26.1 Å². The molecule has 2 aliphatic heterocycles. The van der Waals surface area contributed by atoms with Gasteiger partial charge in [0.1, 0.15) is 5.82 Å². The van der Waals surface area contributed by atoms with Crippen LogP contribution >= 0.6 is 11.5 Å². The number of hydrogen-bond acceptors (Lipinski definition) is 6. The van der Waals surface area contributed by atoms with Crippen molar-refractivity contribution in [3.8, 4) is 0 Å². The minimum Gasteiger partial charge on any atom is -0.381 e. The van der Waals surface area contributed by atoms with Gasteiger partial charge in [-0.3, -0.25) is 4.99 Å². The molecule has 24 heavy (non-hydrogen) atoms. The van der Waals surface area contributed by atoms with Gasteiger partial charge in [-0.2, -0.15) is 4.37 Å². The second kappa shape index (κ2) is 7.65. The fraction of sp³-hybridized carbons (Fsp3) is 0.812. The third-order valence-corrected chi connectivity index (χ3v) is 5.62. The summed E-state index contributed by atoms with van der Waals surface area (Å²) in [6.07, 6.45) is 2.01. The lowest BCUT2D eigenvalue weighted by atomic mass is 9.90. The lowest BCUT2D eigenvalue weighted by Gasteiger charge is -2.37. The second-order valence-electron chi connectivity index (χ2n) is 6.83. The molecule has 0 spiro atoms. The van der Waals surface area contributed by atoms with E-state index in [2.05, 4.69) is 43.3 Å². The molecular weight excluding hydrogens is 324 g/mol. The zero-order valence-corrected chi connectivity index (χ0v) is 15.7. The van der Waals surface area contributed by atoms with Gasteiger partial charge in [-0.15, -0.1) is 0 Å². The molecule has 1 N–H and O–H groups in total. The Kier molecular flexibility index (Phi) is 5.55. The van der Waals surface area contributed by atoms with Crippen LogP contribution in [-0.2, 0) is 11.2 Å². The highest BCUT2D eigenvalue weighted by Crippen LogP contribution is 2.26. The number of nitrogens with zero attached hydrogens (tertiary/aromatic N) is 5. The van der Waals surface area contributed by atoms with E-state index < -0.39 is 0 Å². The molecule has 0 aliphatic carbocycles. The molecule has 2 saturated heterocycles. The summed E-state index contributed by atoms with van der Waals surface area (Å²) in [6, 6.07) is 0. The van der Waals surface area contributed by atoms with Crippen LogP contribution in [0.15, 0.2) is 4.99 Å². The normalized spacial score (nSPS) is 25.4. The van der Waals surface area contributed by atoms with Gasteiger partial charge < -0.3 is 19.9 Å². The summed E-state index contributed by atoms with van der Waals surface area (Å²) in [4.78, 5) is 13.7. The van der Waals surface area contributed by atoms with E-state index in [0.29, 0.717) is 0 Å². The molecule has 3 rings (SSSR count). The van der Waals surface area contributed by atoms with Crippen molar-refractivity contribution in [3.63, 3.8) is 0 Å². The first-order valence-corrected chi connectivity index (χ1v) is 9.52. The standard InChI is InChI=1S/C16H28N6OS/c1-4-13-19-15(24-20-13)22-8-6-21(7-9-22)14(17-3)18-11-16(2)5-10-23-12-16/h4-12H2,1-3H3,(H,17,18). The summed E-state index contributed by atoms with van der Waals surface area (Å²) in [5, 5.41) is 4.59. The molecular formula is C16H28N6OS. The minimum atomic E-state index is 0.223. The molecule has 1 aromatic heterocycles. The Labute approximate surface area is 148 Å². The van der Waals surface area contributed by atoms with Crippen LogP contribution in [0.4, 0.5) is 5.13 Å². The lowest BCUT2D eigenvalue weighted by molar-refractivity contribution is 0.160. The molecule has 0 bridgehead atoms. The SMILES string of the molecule is CCc1nsc(N2CCN(C(=NC)NCC3(C)CCOC3)CC2)n1. The Bertz CT molecular complexity index is 561. The number of hydrogen-bond donors (Lipinski definition) is 1. The fourth-order valence-corrected chi connectivity index (χ4v) is 3.90. The maximum absolute atomic E-state index is 5.53. The molecule has 3 heterocycles. The van der Waals surface area contributed by atoms with Crippen molar-refractivity contribution >= 4 is 22.6 Å². The van der Waals surface area contributed by atoms with E-state index in [4.69, 9.17) is 4.74 Å². The van der Waals surface area contributed by atoms with Gasteiger partial charge in [0.15, 0.2) is 5.96 Å². The van der Waals surface area contributed by atoms with Crippen LogP contribution < -0.4 is 10.2 Å². The molecule has 1 unspecified atom stereocenters. The van der Waals surface area contributed by atoms with Gasteiger partial charge in [0.2, 0.25) is 5.13 Å². The van der Waals surface area contributed by atoms with E-state index in [9.17, 15) is 0 Å². The van der Waals surface area contributed by atoms with Crippen molar-refractivity contribution in [2.75, 3.05) is 57.9 Å². The fourth-order valence-electron chi connectivity index (χ4n) is 3.10. The Balaban J connectivity index is 1.50. The number of guanidine groups is 1. The molecule has 0 amide bonds. The maximum atomic E-state index is 5.53. The third-order valence-electron chi connectivity index (χ3n) is 4.81. The molecule has 134 valence electrons. The molecule has 2 aliphatic rings. The van der Waals surface area contributed by atoms with Crippen LogP contribution in [-0.4, -0.2) is 73.2 Å². The van der Waals surface area contributed by atoms with Crippen molar-refractivity contribution in [2.24, 2.45) is 10.4 Å². The first-order chi connectivity index (χ1) is 11.6. The molecule has 8 heteroatoms.